The van der Waals surface area contributed by atoms with Crippen LogP contribution in [0.4, 0.5) is 0 Å². The van der Waals surface area contributed by atoms with Crippen LogP contribution in [0.15, 0.2) is 0 Å². The summed E-state index contributed by atoms with van der Waals surface area (Å²) in [5.74, 6) is -2.23. The van der Waals surface area contributed by atoms with Gasteiger partial charge in [0, 0.05) is 13.5 Å². The molecule has 64 valence electrons. The van der Waals surface area contributed by atoms with E-state index < -0.39 is 17.4 Å². The highest BCUT2D eigenvalue weighted by molar-refractivity contribution is 6.32. The summed E-state index contributed by atoms with van der Waals surface area (Å²) in [5.41, 5.74) is -0.685. The van der Waals surface area contributed by atoms with Gasteiger partial charge in [-0.2, -0.15) is 0 Å². The van der Waals surface area contributed by atoms with E-state index >= 15 is 0 Å². The largest absolute Gasteiger partial charge is 0.475 e. The zero-order valence-electron chi connectivity index (χ0n) is 6.88. The maximum Gasteiger partial charge on any atom is 0.372 e. The molecule has 0 atom stereocenters. The van der Waals surface area contributed by atoms with Crippen LogP contribution in [-0.4, -0.2) is 29.6 Å². The molecule has 4 heteroatoms. The van der Waals surface area contributed by atoms with Gasteiger partial charge < -0.3 is 9.84 Å². The Balaban J connectivity index is 4.04. The summed E-state index contributed by atoms with van der Waals surface area (Å²) in [5, 5.41) is 8.24. The average molecular weight is 160 g/mol. The monoisotopic (exact) mass is 160 g/mol. The van der Waals surface area contributed by atoms with Crippen molar-refractivity contribution in [2.24, 2.45) is 0 Å². The van der Waals surface area contributed by atoms with E-state index in [1.54, 1.807) is 13.8 Å². The van der Waals surface area contributed by atoms with Crippen molar-refractivity contribution in [3.63, 3.8) is 0 Å². The van der Waals surface area contributed by atoms with Crippen LogP contribution in [0, 0.1) is 0 Å². The Labute approximate surface area is 65.2 Å². The number of hydrogen-bond donors (Lipinski definition) is 1. The van der Waals surface area contributed by atoms with E-state index in [0.29, 0.717) is 0 Å². The van der Waals surface area contributed by atoms with Gasteiger partial charge in [-0.15, -0.1) is 0 Å². The third-order valence-electron chi connectivity index (χ3n) is 1.38. The number of hydrogen-bond acceptors (Lipinski definition) is 3. The van der Waals surface area contributed by atoms with Gasteiger partial charge in [0.25, 0.3) is 0 Å². The van der Waals surface area contributed by atoms with Gasteiger partial charge >= 0.3 is 5.97 Å². The van der Waals surface area contributed by atoms with Gasteiger partial charge in [-0.25, -0.2) is 4.79 Å². The Morgan fingerprint density at radius 1 is 1.45 bits per heavy atom. The second-order valence-corrected chi connectivity index (χ2v) is 2.87. The standard InChI is InChI=1S/C7H12O4/c1-7(2,11-3)4-5(8)6(9)10/h4H2,1-3H3,(H,9,10). The van der Waals surface area contributed by atoms with Crippen molar-refractivity contribution in [2.75, 3.05) is 7.11 Å². The Hall–Kier alpha value is -0.900. The van der Waals surface area contributed by atoms with Crippen LogP contribution in [0.2, 0.25) is 0 Å². The smallest absolute Gasteiger partial charge is 0.372 e. The fourth-order valence-electron chi connectivity index (χ4n) is 0.534. The number of carboxylic acids is 1. The summed E-state index contributed by atoms with van der Waals surface area (Å²) in [4.78, 5) is 20.7. The number of Topliss-reactive ketones (excluding diaryl/α,β-unsaturated/α-hetero) is 1. The minimum atomic E-state index is -1.41. The Bertz CT molecular complexity index is 171. The first-order valence-electron chi connectivity index (χ1n) is 3.20. The van der Waals surface area contributed by atoms with Crippen molar-refractivity contribution in [3.8, 4) is 0 Å². The minimum Gasteiger partial charge on any atom is -0.475 e. The lowest BCUT2D eigenvalue weighted by Gasteiger charge is -2.20. The first kappa shape index (κ1) is 10.1. The van der Waals surface area contributed by atoms with Gasteiger partial charge in [0.1, 0.15) is 0 Å². The van der Waals surface area contributed by atoms with Crippen LogP contribution in [0.25, 0.3) is 0 Å². The summed E-state index contributed by atoms with van der Waals surface area (Å²) < 4.78 is 4.87. The zero-order valence-corrected chi connectivity index (χ0v) is 6.88. The predicted molar refractivity (Wildman–Crippen MR) is 38.3 cm³/mol. The number of carboxylic acid groups (broad SMARTS) is 1. The lowest BCUT2D eigenvalue weighted by molar-refractivity contribution is -0.151. The Morgan fingerprint density at radius 2 is 1.91 bits per heavy atom. The number of carbonyl (C=O) groups excluding carboxylic acids is 1. The Morgan fingerprint density at radius 3 is 2.18 bits per heavy atom. The number of methoxy groups -OCH3 is 1. The van der Waals surface area contributed by atoms with E-state index in [4.69, 9.17) is 9.84 Å². The second-order valence-electron chi connectivity index (χ2n) is 2.87. The molecule has 0 fully saturated rings. The number of aliphatic carboxylic acids is 1. The van der Waals surface area contributed by atoms with Crippen LogP contribution >= 0.6 is 0 Å². The van der Waals surface area contributed by atoms with Crippen molar-refractivity contribution in [3.05, 3.63) is 0 Å². The van der Waals surface area contributed by atoms with Crippen molar-refractivity contribution in [1.29, 1.82) is 0 Å². The van der Waals surface area contributed by atoms with E-state index in [-0.39, 0.29) is 6.42 Å². The van der Waals surface area contributed by atoms with Crippen LogP contribution in [-0.2, 0) is 14.3 Å². The third-order valence-corrected chi connectivity index (χ3v) is 1.38. The molecule has 4 nitrogen and oxygen atoms in total. The molecule has 0 aromatic carbocycles. The Kier molecular flexibility index (Phi) is 3.19. The van der Waals surface area contributed by atoms with E-state index in [0.717, 1.165) is 0 Å². The highest BCUT2D eigenvalue weighted by atomic mass is 16.5. The molecule has 0 saturated heterocycles. The van der Waals surface area contributed by atoms with Gasteiger partial charge in [-0.3, -0.25) is 4.79 Å². The normalized spacial score (nSPS) is 11.2. The van der Waals surface area contributed by atoms with Crippen LogP contribution in [0.1, 0.15) is 20.3 Å². The average Bonchev–Trinajstić information content (AvgIpc) is 1.87. The lowest BCUT2D eigenvalue weighted by Crippen LogP contribution is -2.29. The summed E-state index contributed by atoms with van der Waals surface area (Å²) in [6.07, 6.45) is -0.0984. The quantitative estimate of drug-likeness (QED) is 0.606. The van der Waals surface area contributed by atoms with Crippen LogP contribution in [0.5, 0.6) is 0 Å². The molecule has 0 aromatic heterocycles. The van der Waals surface area contributed by atoms with Gasteiger partial charge in [-0.05, 0) is 13.8 Å². The first-order chi connectivity index (χ1) is 4.89. The molecule has 0 unspecified atom stereocenters. The zero-order chi connectivity index (χ0) is 9.07. The molecule has 0 spiro atoms. The fraction of sp³-hybridized carbons (Fsp3) is 0.714. The molecular formula is C7H12O4. The molecule has 0 rings (SSSR count). The molecule has 0 saturated carbocycles. The molecule has 0 bridgehead atoms. The molecular weight excluding hydrogens is 148 g/mol. The lowest BCUT2D eigenvalue weighted by atomic mass is 10.0. The predicted octanol–water partition coefficient (Wildman–Crippen LogP) is 0.455. The summed E-state index contributed by atoms with van der Waals surface area (Å²) in [7, 11) is 1.44. The van der Waals surface area contributed by atoms with E-state index in [1.807, 2.05) is 0 Å². The maximum atomic E-state index is 10.6. The molecule has 0 aliphatic carbocycles. The van der Waals surface area contributed by atoms with Crippen molar-refractivity contribution in [2.45, 2.75) is 25.9 Å². The van der Waals surface area contributed by atoms with Crippen molar-refractivity contribution >= 4 is 11.8 Å². The van der Waals surface area contributed by atoms with Gasteiger partial charge in [0.15, 0.2) is 0 Å². The number of ether oxygens (including phenoxy) is 1. The SMILES string of the molecule is COC(C)(C)CC(=O)C(=O)O. The van der Waals surface area contributed by atoms with E-state index in [9.17, 15) is 9.59 Å². The molecule has 0 radical (unpaired) electrons. The van der Waals surface area contributed by atoms with Gasteiger partial charge in [0.2, 0.25) is 5.78 Å². The summed E-state index contributed by atoms with van der Waals surface area (Å²) in [6.45, 7) is 3.32. The van der Waals surface area contributed by atoms with Crippen LogP contribution in [0.3, 0.4) is 0 Å². The van der Waals surface area contributed by atoms with Crippen LogP contribution < -0.4 is 0 Å². The minimum absolute atomic E-state index is 0.0984. The topological polar surface area (TPSA) is 63.6 Å². The molecule has 0 aliphatic rings. The summed E-state index contributed by atoms with van der Waals surface area (Å²) >= 11 is 0. The number of ketones is 1. The molecule has 0 heterocycles. The molecule has 0 amide bonds. The highest BCUT2D eigenvalue weighted by Crippen LogP contribution is 2.12. The fourth-order valence-corrected chi connectivity index (χ4v) is 0.534. The van der Waals surface area contributed by atoms with E-state index in [2.05, 4.69) is 0 Å². The van der Waals surface area contributed by atoms with Gasteiger partial charge in [0.05, 0.1) is 5.60 Å². The van der Waals surface area contributed by atoms with Crippen molar-refractivity contribution in [1.82, 2.24) is 0 Å². The van der Waals surface area contributed by atoms with Crippen molar-refractivity contribution < 1.29 is 19.4 Å². The molecule has 11 heavy (non-hydrogen) atoms. The summed E-state index contributed by atoms with van der Waals surface area (Å²) in [6, 6.07) is 0. The molecule has 1 N–H and O–H groups in total. The highest BCUT2D eigenvalue weighted by Gasteiger charge is 2.24. The maximum absolute atomic E-state index is 10.6. The number of carbonyl (C=O) groups is 2. The second kappa shape index (κ2) is 3.48. The third kappa shape index (κ3) is 3.72. The van der Waals surface area contributed by atoms with Gasteiger partial charge in [-0.1, -0.05) is 0 Å². The van der Waals surface area contributed by atoms with E-state index in [1.165, 1.54) is 7.11 Å². The molecule has 0 aliphatic heterocycles. The first-order valence-corrected chi connectivity index (χ1v) is 3.20. The number of rotatable bonds is 4. The molecule has 0 aromatic rings.